The summed E-state index contributed by atoms with van der Waals surface area (Å²) in [5.41, 5.74) is 1.23. The van der Waals surface area contributed by atoms with Gasteiger partial charge in [0, 0.05) is 26.2 Å². The van der Waals surface area contributed by atoms with Crippen LogP contribution in [0.25, 0.3) is 0 Å². The number of halogens is 2. The van der Waals surface area contributed by atoms with E-state index < -0.39 is 5.92 Å². The van der Waals surface area contributed by atoms with Crippen LogP contribution >= 0.6 is 0 Å². The molecule has 0 spiro atoms. The maximum absolute atomic E-state index is 13.4. The molecule has 1 aromatic rings. The van der Waals surface area contributed by atoms with Gasteiger partial charge in [-0.15, -0.1) is 0 Å². The Labute approximate surface area is 157 Å². The second-order valence-electron chi connectivity index (χ2n) is 8.52. The molecule has 1 aromatic carbocycles. The summed E-state index contributed by atoms with van der Waals surface area (Å²) in [6.45, 7) is 9.67. The van der Waals surface area contributed by atoms with E-state index in [1.807, 2.05) is 12.1 Å². The first-order chi connectivity index (χ1) is 12.2. The summed E-state index contributed by atoms with van der Waals surface area (Å²) >= 11 is 0. The third-order valence-corrected chi connectivity index (χ3v) is 5.89. The van der Waals surface area contributed by atoms with Crippen molar-refractivity contribution in [1.29, 1.82) is 0 Å². The molecule has 0 bridgehead atoms. The number of nitrogens with zero attached hydrogens (tertiary/aromatic N) is 1. The van der Waals surface area contributed by atoms with E-state index in [-0.39, 0.29) is 11.0 Å². The summed E-state index contributed by atoms with van der Waals surface area (Å²) < 4.78 is 31.9. The zero-order valence-corrected chi connectivity index (χ0v) is 16.9. The van der Waals surface area contributed by atoms with Crippen LogP contribution in [0, 0.1) is 5.92 Å². The summed E-state index contributed by atoms with van der Waals surface area (Å²) in [7, 11) is 1.77. The number of rotatable bonds is 9. The lowest BCUT2D eigenvalue weighted by Gasteiger charge is -2.35. The summed E-state index contributed by atoms with van der Waals surface area (Å²) in [5, 5.41) is 0. The fourth-order valence-electron chi connectivity index (χ4n) is 3.81. The largest absolute Gasteiger partial charge is 0.385 e. The quantitative estimate of drug-likeness (QED) is 0.526. The van der Waals surface area contributed by atoms with Crippen molar-refractivity contribution in [2.24, 2.45) is 5.92 Å². The Morgan fingerprint density at radius 3 is 2.15 bits per heavy atom. The molecule has 0 unspecified atom stereocenters. The van der Waals surface area contributed by atoms with Crippen molar-refractivity contribution >= 4 is 0 Å². The van der Waals surface area contributed by atoms with Crippen LogP contribution in [0.1, 0.15) is 64.0 Å². The number of hydrogen-bond acceptors (Lipinski definition) is 2. The van der Waals surface area contributed by atoms with Gasteiger partial charge in [-0.1, -0.05) is 38.1 Å². The van der Waals surface area contributed by atoms with Crippen LogP contribution in [0.15, 0.2) is 24.3 Å². The van der Waals surface area contributed by atoms with E-state index in [0.717, 1.165) is 38.0 Å². The molecule has 1 saturated heterocycles. The smallest absolute Gasteiger partial charge is 0.270 e. The molecule has 2 rings (SSSR count). The Morgan fingerprint density at radius 2 is 1.62 bits per heavy atom. The van der Waals surface area contributed by atoms with Gasteiger partial charge in [-0.3, -0.25) is 0 Å². The number of hydrogen-bond donors (Lipinski definition) is 0. The number of piperidine rings is 1. The molecule has 0 radical (unpaired) electrons. The van der Waals surface area contributed by atoms with Crippen molar-refractivity contribution in [3.05, 3.63) is 35.4 Å². The predicted molar refractivity (Wildman–Crippen MR) is 104 cm³/mol. The van der Waals surface area contributed by atoms with Crippen molar-refractivity contribution in [3.63, 3.8) is 0 Å². The standard InChI is InChI=1S/C22H35F2NO/c1-21(2,19-7-9-20(10-8-19)22(3,23)24)13-16-25-14-11-18(12-15-25)6-5-17-26-4/h7-10,18H,5-6,11-17H2,1-4H3. The van der Waals surface area contributed by atoms with Gasteiger partial charge in [-0.05, 0) is 68.6 Å². The van der Waals surface area contributed by atoms with Crippen LogP contribution < -0.4 is 0 Å². The molecule has 4 heteroatoms. The SMILES string of the molecule is COCCCC1CCN(CCC(C)(C)c2ccc(C(C)(F)F)cc2)CC1. The highest BCUT2D eigenvalue weighted by Crippen LogP contribution is 2.32. The molecular formula is C22H35F2NO. The van der Waals surface area contributed by atoms with Crippen molar-refractivity contribution in [1.82, 2.24) is 4.90 Å². The second kappa shape index (κ2) is 9.27. The molecule has 1 aliphatic rings. The van der Waals surface area contributed by atoms with Gasteiger partial charge in [0.15, 0.2) is 0 Å². The summed E-state index contributed by atoms with van der Waals surface area (Å²) in [5.74, 6) is -1.92. The molecule has 0 aliphatic carbocycles. The molecule has 2 nitrogen and oxygen atoms in total. The number of alkyl halides is 2. The average Bonchev–Trinajstić information content (AvgIpc) is 2.61. The van der Waals surface area contributed by atoms with E-state index >= 15 is 0 Å². The van der Waals surface area contributed by atoms with Crippen LogP contribution in [0.3, 0.4) is 0 Å². The molecule has 0 aromatic heterocycles. The van der Waals surface area contributed by atoms with Crippen LogP contribution in [0.5, 0.6) is 0 Å². The van der Waals surface area contributed by atoms with E-state index in [9.17, 15) is 8.78 Å². The number of methoxy groups -OCH3 is 1. The van der Waals surface area contributed by atoms with Crippen molar-refractivity contribution in [3.8, 4) is 0 Å². The van der Waals surface area contributed by atoms with Crippen LogP contribution in [-0.2, 0) is 16.1 Å². The fraction of sp³-hybridized carbons (Fsp3) is 0.727. The summed E-state index contributed by atoms with van der Waals surface area (Å²) in [6.07, 6.45) is 6.06. The average molecular weight is 368 g/mol. The van der Waals surface area contributed by atoms with Gasteiger partial charge in [-0.25, -0.2) is 8.78 Å². The second-order valence-corrected chi connectivity index (χ2v) is 8.52. The molecule has 1 fully saturated rings. The zero-order chi connectivity index (χ0) is 19.2. The van der Waals surface area contributed by atoms with E-state index in [1.54, 1.807) is 19.2 Å². The van der Waals surface area contributed by atoms with E-state index in [4.69, 9.17) is 4.74 Å². The molecule has 26 heavy (non-hydrogen) atoms. The molecule has 0 amide bonds. The normalized spacial score (nSPS) is 17.6. The third-order valence-electron chi connectivity index (χ3n) is 5.89. The van der Waals surface area contributed by atoms with Crippen LogP contribution in [0.2, 0.25) is 0 Å². The van der Waals surface area contributed by atoms with Crippen molar-refractivity contribution < 1.29 is 13.5 Å². The Morgan fingerprint density at radius 1 is 1.04 bits per heavy atom. The third kappa shape index (κ3) is 6.31. The van der Waals surface area contributed by atoms with Gasteiger partial charge >= 0.3 is 0 Å². The lowest BCUT2D eigenvalue weighted by molar-refractivity contribution is 0.0174. The molecule has 1 aliphatic heterocycles. The zero-order valence-electron chi connectivity index (χ0n) is 16.9. The van der Waals surface area contributed by atoms with Gasteiger partial charge in [0.1, 0.15) is 0 Å². The lowest BCUT2D eigenvalue weighted by atomic mass is 9.80. The maximum Gasteiger partial charge on any atom is 0.270 e. The fourth-order valence-corrected chi connectivity index (χ4v) is 3.81. The van der Waals surface area contributed by atoms with Gasteiger partial charge < -0.3 is 9.64 Å². The lowest BCUT2D eigenvalue weighted by Crippen LogP contribution is -2.36. The highest BCUT2D eigenvalue weighted by Gasteiger charge is 2.27. The first-order valence-corrected chi connectivity index (χ1v) is 9.92. The Kier molecular flexibility index (Phi) is 7.60. The Balaban J connectivity index is 1.79. The highest BCUT2D eigenvalue weighted by atomic mass is 19.3. The number of ether oxygens (including phenoxy) is 1. The topological polar surface area (TPSA) is 12.5 Å². The summed E-state index contributed by atoms with van der Waals surface area (Å²) in [6, 6.07) is 6.88. The van der Waals surface area contributed by atoms with Gasteiger partial charge in [0.2, 0.25) is 0 Å². The minimum atomic E-state index is -2.77. The molecule has 0 saturated carbocycles. The molecule has 148 valence electrons. The Hall–Kier alpha value is -1.00. The molecule has 0 atom stereocenters. The van der Waals surface area contributed by atoms with Gasteiger partial charge in [0.05, 0.1) is 0 Å². The van der Waals surface area contributed by atoms with E-state index in [0.29, 0.717) is 0 Å². The number of benzene rings is 1. The van der Waals surface area contributed by atoms with Crippen LogP contribution in [-0.4, -0.2) is 38.3 Å². The monoisotopic (exact) mass is 367 g/mol. The first kappa shape index (κ1) is 21.3. The van der Waals surface area contributed by atoms with E-state index in [2.05, 4.69) is 18.7 Å². The number of likely N-dealkylation sites (tertiary alicyclic amines) is 1. The Bertz CT molecular complexity index is 528. The van der Waals surface area contributed by atoms with Gasteiger partial charge in [0.25, 0.3) is 5.92 Å². The predicted octanol–water partition coefficient (Wildman–Crippen LogP) is 5.60. The summed E-state index contributed by atoms with van der Waals surface area (Å²) in [4.78, 5) is 2.56. The minimum Gasteiger partial charge on any atom is -0.385 e. The highest BCUT2D eigenvalue weighted by molar-refractivity contribution is 5.30. The van der Waals surface area contributed by atoms with Crippen molar-refractivity contribution in [2.75, 3.05) is 33.4 Å². The van der Waals surface area contributed by atoms with Gasteiger partial charge in [-0.2, -0.15) is 0 Å². The molecular weight excluding hydrogens is 332 g/mol. The van der Waals surface area contributed by atoms with E-state index in [1.165, 1.54) is 38.8 Å². The molecule has 1 heterocycles. The van der Waals surface area contributed by atoms with Crippen molar-refractivity contribution in [2.45, 2.75) is 64.2 Å². The maximum atomic E-state index is 13.4. The first-order valence-electron chi connectivity index (χ1n) is 9.92. The minimum absolute atomic E-state index is 0.00310. The van der Waals surface area contributed by atoms with Crippen LogP contribution in [0.4, 0.5) is 8.78 Å². The molecule has 0 N–H and O–H groups in total.